The van der Waals surface area contributed by atoms with Crippen molar-refractivity contribution in [3.63, 3.8) is 0 Å². The first kappa shape index (κ1) is 20.6. The number of rotatable bonds is 9. The summed E-state index contributed by atoms with van der Waals surface area (Å²) in [4.78, 5) is 36.8. The fraction of sp³-hybridized carbons (Fsp3) is 0.294. The summed E-state index contributed by atoms with van der Waals surface area (Å²) in [6, 6.07) is 6.19. The van der Waals surface area contributed by atoms with Crippen LogP contribution in [0.4, 0.5) is 17.2 Å². The van der Waals surface area contributed by atoms with E-state index in [4.69, 9.17) is 9.47 Å². The normalized spacial score (nSPS) is 11.4. The fourth-order valence-corrected chi connectivity index (χ4v) is 2.27. The number of hydrogen-bond acceptors (Lipinski definition) is 9. The molecule has 1 aromatic heterocycles. The summed E-state index contributed by atoms with van der Waals surface area (Å²) in [5.41, 5.74) is -0.744. The topological polar surface area (TPSA) is 147 Å². The third-order valence-electron chi connectivity index (χ3n) is 3.84. The number of nitrogens with one attached hydrogen (secondary N) is 1. The van der Waals surface area contributed by atoms with Crippen LogP contribution >= 0.6 is 0 Å². The lowest BCUT2D eigenvalue weighted by Crippen LogP contribution is -2.27. The van der Waals surface area contributed by atoms with Gasteiger partial charge in [0.25, 0.3) is 11.4 Å². The molecule has 0 bridgehead atoms. The average molecular weight is 390 g/mol. The molecule has 1 unspecified atom stereocenters. The SMILES string of the molecule is CCC(COC(=O)c1cc(OC)ccc1[N+](=O)[O-])Nc1ccc([N+](=O)[O-])cn1. The van der Waals surface area contributed by atoms with Crippen LogP contribution in [-0.2, 0) is 4.74 Å². The molecule has 148 valence electrons. The van der Waals surface area contributed by atoms with Crippen molar-refractivity contribution in [2.45, 2.75) is 19.4 Å². The average Bonchev–Trinajstić information content (AvgIpc) is 2.70. The van der Waals surface area contributed by atoms with E-state index >= 15 is 0 Å². The smallest absolute Gasteiger partial charge is 0.345 e. The largest absolute Gasteiger partial charge is 0.497 e. The lowest BCUT2D eigenvalue weighted by atomic mass is 10.1. The Balaban J connectivity index is 2.05. The molecule has 28 heavy (non-hydrogen) atoms. The number of hydrogen-bond donors (Lipinski definition) is 1. The maximum atomic E-state index is 12.3. The number of carbonyl (C=O) groups excluding carboxylic acids is 1. The van der Waals surface area contributed by atoms with E-state index in [0.717, 1.165) is 6.20 Å². The second kappa shape index (κ2) is 9.26. The van der Waals surface area contributed by atoms with Crippen molar-refractivity contribution in [1.29, 1.82) is 0 Å². The van der Waals surface area contributed by atoms with Crippen LogP contribution in [0.5, 0.6) is 5.75 Å². The van der Waals surface area contributed by atoms with Crippen LogP contribution in [0.3, 0.4) is 0 Å². The zero-order valence-electron chi connectivity index (χ0n) is 15.2. The van der Waals surface area contributed by atoms with E-state index in [1.165, 1.54) is 37.4 Å². The van der Waals surface area contributed by atoms with E-state index in [1.54, 1.807) is 0 Å². The number of ether oxygens (including phenoxy) is 2. The van der Waals surface area contributed by atoms with Gasteiger partial charge >= 0.3 is 5.97 Å². The van der Waals surface area contributed by atoms with Gasteiger partial charge in [-0.25, -0.2) is 9.78 Å². The Morgan fingerprint density at radius 3 is 2.50 bits per heavy atom. The minimum atomic E-state index is -0.859. The molecular formula is C17H18N4O7. The van der Waals surface area contributed by atoms with Crippen molar-refractivity contribution >= 4 is 23.2 Å². The van der Waals surface area contributed by atoms with E-state index in [-0.39, 0.29) is 35.3 Å². The monoisotopic (exact) mass is 390 g/mol. The molecule has 0 aliphatic heterocycles. The van der Waals surface area contributed by atoms with E-state index in [0.29, 0.717) is 12.2 Å². The molecule has 1 atom stereocenters. The molecule has 0 saturated carbocycles. The van der Waals surface area contributed by atoms with Crippen LogP contribution in [-0.4, -0.2) is 40.6 Å². The molecule has 0 spiro atoms. The summed E-state index contributed by atoms with van der Waals surface area (Å²) >= 11 is 0. The molecule has 11 nitrogen and oxygen atoms in total. The molecule has 1 N–H and O–H groups in total. The van der Waals surface area contributed by atoms with Gasteiger partial charge < -0.3 is 14.8 Å². The third-order valence-corrected chi connectivity index (χ3v) is 3.84. The summed E-state index contributed by atoms with van der Waals surface area (Å²) < 4.78 is 10.2. The summed E-state index contributed by atoms with van der Waals surface area (Å²) in [5.74, 6) is -0.193. The zero-order valence-corrected chi connectivity index (χ0v) is 15.2. The van der Waals surface area contributed by atoms with Crippen molar-refractivity contribution in [3.05, 3.63) is 62.3 Å². The van der Waals surface area contributed by atoms with Gasteiger partial charge in [-0.15, -0.1) is 0 Å². The molecular weight excluding hydrogens is 372 g/mol. The number of aromatic nitrogens is 1. The lowest BCUT2D eigenvalue weighted by Gasteiger charge is -2.17. The van der Waals surface area contributed by atoms with Crippen LogP contribution in [0, 0.1) is 20.2 Å². The lowest BCUT2D eigenvalue weighted by molar-refractivity contribution is -0.385. The number of nitro benzene ring substituents is 1. The van der Waals surface area contributed by atoms with Crippen molar-refractivity contribution in [1.82, 2.24) is 4.98 Å². The number of methoxy groups -OCH3 is 1. The van der Waals surface area contributed by atoms with Gasteiger partial charge in [-0.2, -0.15) is 0 Å². The van der Waals surface area contributed by atoms with E-state index in [1.807, 2.05) is 6.92 Å². The van der Waals surface area contributed by atoms with Gasteiger partial charge in [-0.3, -0.25) is 20.2 Å². The Morgan fingerprint density at radius 1 is 1.21 bits per heavy atom. The minimum Gasteiger partial charge on any atom is -0.497 e. The van der Waals surface area contributed by atoms with Gasteiger partial charge in [0.15, 0.2) is 0 Å². The van der Waals surface area contributed by atoms with Crippen LogP contribution in [0.1, 0.15) is 23.7 Å². The van der Waals surface area contributed by atoms with Gasteiger partial charge in [0, 0.05) is 18.2 Å². The van der Waals surface area contributed by atoms with Crippen LogP contribution in [0.25, 0.3) is 0 Å². The highest BCUT2D eigenvalue weighted by Crippen LogP contribution is 2.25. The second-order valence-corrected chi connectivity index (χ2v) is 5.65. The zero-order chi connectivity index (χ0) is 20.7. The number of anilines is 1. The molecule has 0 amide bonds. The van der Waals surface area contributed by atoms with Gasteiger partial charge in [0.1, 0.15) is 29.9 Å². The molecule has 0 aliphatic rings. The Kier molecular flexibility index (Phi) is 6.79. The van der Waals surface area contributed by atoms with Crippen molar-refractivity contribution in [2.24, 2.45) is 0 Å². The van der Waals surface area contributed by atoms with Crippen LogP contribution < -0.4 is 10.1 Å². The highest BCUT2D eigenvalue weighted by atomic mass is 16.6. The van der Waals surface area contributed by atoms with Gasteiger partial charge in [0.2, 0.25) is 0 Å². The number of pyridine rings is 1. The molecule has 2 aromatic rings. The first-order chi connectivity index (χ1) is 13.3. The van der Waals surface area contributed by atoms with Crippen LogP contribution in [0.15, 0.2) is 36.5 Å². The summed E-state index contributed by atoms with van der Waals surface area (Å²) in [6.45, 7) is 1.76. The van der Waals surface area contributed by atoms with E-state index in [9.17, 15) is 25.0 Å². The molecule has 0 fully saturated rings. The summed E-state index contributed by atoms with van der Waals surface area (Å²) in [6.07, 6.45) is 1.66. The molecule has 0 aliphatic carbocycles. The third kappa shape index (κ3) is 5.13. The Morgan fingerprint density at radius 2 is 1.96 bits per heavy atom. The Hall–Kier alpha value is -3.76. The first-order valence-corrected chi connectivity index (χ1v) is 8.22. The number of esters is 1. The van der Waals surface area contributed by atoms with Crippen molar-refractivity contribution < 1.29 is 24.1 Å². The highest BCUT2D eigenvalue weighted by molar-refractivity contribution is 5.94. The van der Waals surface area contributed by atoms with Crippen LogP contribution in [0.2, 0.25) is 0 Å². The molecule has 0 saturated heterocycles. The molecule has 0 radical (unpaired) electrons. The molecule has 1 heterocycles. The maximum absolute atomic E-state index is 12.3. The molecule has 11 heteroatoms. The number of nitrogens with zero attached hydrogens (tertiary/aromatic N) is 3. The molecule has 2 rings (SSSR count). The highest BCUT2D eigenvalue weighted by Gasteiger charge is 2.23. The molecule has 1 aromatic carbocycles. The predicted molar refractivity (Wildman–Crippen MR) is 98.5 cm³/mol. The van der Waals surface area contributed by atoms with Gasteiger partial charge in [0.05, 0.1) is 23.0 Å². The number of carbonyl (C=O) groups is 1. The standard InChI is InChI=1S/C17H18N4O7/c1-3-11(19-16-7-4-12(9-18-16)20(23)24)10-28-17(22)14-8-13(27-2)5-6-15(14)21(25)26/h4-9,11H,3,10H2,1-2H3,(H,18,19). The minimum absolute atomic E-state index is 0.0810. The summed E-state index contributed by atoms with van der Waals surface area (Å²) in [7, 11) is 1.38. The first-order valence-electron chi connectivity index (χ1n) is 8.22. The van der Waals surface area contributed by atoms with Crippen molar-refractivity contribution in [2.75, 3.05) is 19.0 Å². The number of benzene rings is 1. The quantitative estimate of drug-likeness (QED) is 0.387. The second-order valence-electron chi connectivity index (χ2n) is 5.65. The van der Waals surface area contributed by atoms with Gasteiger partial charge in [-0.05, 0) is 18.6 Å². The predicted octanol–water partition coefficient (Wildman–Crippen LogP) is 2.95. The Bertz CT molecular complexity index is 870. The maximum Gasteiger partial charge on any atom is 0.345 e. The summed E-state index contributed by atoms with van der Waals surface area (Å²) in [5, 5.41) is 24.8. The van der Waals surface area contributed by atoms with E-state index in [2.05, 4.69) is 10.3 Å². The van der Waals surface area contributed by atoms with Crippen molar-refractivity contribution in [3.8, 4) is 5.75 Å². The van der Waals surface area contributed by atoms with Gasteiger partial charge in [-0.1, -0.05) is 6.92 Å². The number of nitro groups is 2. The fourth-order valence-electron chi connectivity index (χ4n) is 2.27. The van der Waals surface area contributed by atoms with E-state index < -0.39 is 15.8 Å². The Labute approximate surface area is 159 Å².